The van der Waals surface area contributed by atoms with Crippen molar-refractivity contribution in [2.45, 2.75) is 52.4 Å². The largest absolute Gasteiger partial charge is 0.507 e. The number of aryl methyl sites for hydroxylation is 1. The molecule has 29 heavy (non-hydrogen) atoms. The highest BCUT2D eigenvalue weighted by Crippen LogP contribution is 2.35. The molecule has 0 spiro atoms. The number of hydrogen-bond donors (Lipinski definition) is 2. The summed E-state index contributed by atoms with van der Waals surface area (Å²) in [5, 5.41) is 22.8. The molecule has 0 aliphatic rings. The number of benzene rings is 2. The van der Waals surface area contributed by atoms with Gasteiger partial charge in [0.1, 0.15) is 17.4 Å². The summed E-state index contributed by atoms with van der Waals surface area (Å²) >= 11 is 0. The van der Waals surface area contributed by atoms with Gasteiger partial charge in [-0.3, -0.25) is 4.79 Å². The van der Waals surface area contributed by atoms with E-state index < -0.39 is 0 Å². The molecule has 2 rings (SSSR count). The quantitative estimate of drug-likeness (QED) is 0.365. The minimum absolute atomic E-state index is 0.0693. The zero-order valence-corrected chi connectivity index (χ0v) is 17.7. The highest BCUT2D eigenvalue weighted by molar-refractivity contribution is 6.01. The van der Waals surface area contributed by atoms with Crippen molar-refractivity contribution in [3.8, 4) is 11.8 Å². The third-order valence-electron chi connectivity index (χ3n) is 4.88. The van der Waals surface area contributed by atoms with Crippen LogP contribution >= 0.6 is 0 Å². The summed E-state index contributed by atoms with van der Waals surface area (Å²) < 4.78 is 0. The number of carbonyl (C=O) groups excluding carboxylic acids is 1. The molecule has 0 aliphatic heterocycles. The van der Waals surface area contributed by atoms with Crippen molar-refractivity contribution in [2.24, 2.45) is 0 Å². The van der Waals surface area contributed by atoms with Crippen LogP contribution in [0.15, 0.2) is 48.0 Å². The van der Waals surface area contributed by atoms with Gasteiger partial charge >= 0.3 is 0 Å². The van der Waals surface area contributed by atoms with Crippen LogP contribution in [0.3, 0.4) is 0 Å². The molecule has 0 heterocycles. The van der Waals surface area contributed by atoms with E-state index in [0.717, 1.165) is 29.5 Å². The Hall–Kier alpha value is -3.06. The van der Waals surface area contributed by atoms with Crippen molar-refractivity contribution in [3.63, 3.8) is 0 Å². The van der Waals surface area contributed by atoms with Gasteiger partial charge in [0.15, 0.2) is 0 Å². The number of aromatic hydroxyl groups is 1. The molecule has 0 saturated heterocycles. The molecular weight excluding hydrogens is 360 g/mol. The van der Waals surface area contributed by atoms with Gasteiger partial charge in [0, 0.05) is 6.54 Å². The number of nitriles is 1. The molecule has 1 amide bonds. The SMILES string of the molecule is CC(C)c1cc(/C=C(/C#N)C(=O)NCCCc2ccccc2)cc(C(C)C)c1O. The molecule has 0 aliphatic carbocycles. The Morgan fingerprint density at radius 3 is 2.21 bits per heavy atom. The Bertz CT molecular complexity index is 877. The first-order chi connectivity index (χ1) is 13.8. The number of phenols is 1. The lowest BCUT2D eigenvalue weighted by Crippen LogP contribution is -2.25. The fourth-order valence-electron chi connectivity index (χ4n) is 3.22. The van der Waals surface area contributed by atoms with E-state index in [1.807, 2.05) is 64.1 Å². The molecule has 0 fully saturated rings. The van der Waals surface area contributed by atoms with Crippen LogP contribution in [-0.4, -0.2) is 17.6 Å². The third kappa shape index (κ3) is 6.22. The van der Waals surface area contributed by atoms with Crippen LogP contribution in [0.1, 0.15) is 68.2 Å². The van der Waals surface area contributed by atoms with Crippen molar-refractivity contribution < 1.29 is 9.90 Å². The second-order valence-electron chi connectivity index (χ2n) is 7.87. The van der Waals surface area contributed by atoms with Gasteiger partial charge in [-0.1, -0.05) is 58.0 Å². The van der Waals surface area contributed by atoms with Gasteiger partial charge in [0.25, 0.3) is 5.91 Å². The topological polar surface area (TPSA) is 73.1 Å². The minimum atomic E-state index is -0.370. The maximum absolute atomic E-state index is 12.4. The number of phenolic OH excluding ortho intramolecular Hbond substituents is 1. The second kappa shape index (κ2) is 10.5. The highest BCUT2D eigenvalue weighted by Gasteiger charge is 2.16. The Balaban J connectivity index is 2.12. The number of nitrogens with one attached hydrogen (secondary N) is 1. The standard InChI is InChI=1S/C25H30N2O2/c1-17(2)22-14-20(15-23(18(3)4)24(22)28)13-21(16-26)25(29)27-12-8-11-19-9-6-5-7-10-19/h5-7,9-10,13-15,17-18,28H,8,11-12H2,1-4H3,(H,27,29)/b21-13-. The number of carbonyl (C=O) groups is 1. The average molecular weight is 391 g/mol. The lowest BCUT2D eigenvalue weighted by molar-refractivity contribution is -0.117. The Labute approximate surface area is 173 Å². The van der Waals surface area contributed by atoms with Gasteiger partial charge in [-0.15, -0.1) is 0 Å². The predicted octanol–water partition coefficient (Wildman–Crippen LogP) is 5.29. The summed E-state index contributed by atoms with van der Waals surface area (Å²) in [5.41, 5.74) is 3.70. The van der Waals surface area contributed by atoms with Gasteiger partial charge in [-0.25, -0.2) is 0 Å². The van der Waals surface area contributed by atoms with Crippen molar-refractivity contribution in [2.75, 3.05) is 6.54 Å². The van der Waals surface area contributed by atoms with Crippen LogP contribution in [-0.2, 0) is 11.2 Å². The molecule has 0 saturated carbocycles. The number of rotatable bonds is 8. The smallest absolute Gasteiger partial charge is 0.261 e. The normalized spacial score (nSPS) is 11.6. The van der Waals surface area contributed by atoms with Gasteiger partial charge in [-0.05, 0) is 65.1 Å². The van der Waals surface area contributed by atoms with E-state index in [4.69, 9.17) is 0 Å². The van der Waals surface area contributed by atoms with Crippen LogP contribution in [0.4, 0.5) is 0 Å². The van der Waals surface area contributed by atoms with Crippen molar-refractivity contribution >= 4 is 12.0 Å². The maximum atomic E-state index is 12.4. The van der Waals surface area contributed by atoms with Crippen molar-refractivity contribution in [1.29, 1.82) is 5.26 Å². The predicted molar refractivity (Wildman–Crippen MR) is 118 cm³/mol. The maximum Gasteiger partial charge on any atom is 0.261 e. The summed E-state index contributed by atoms with van der Waals surface area (Å²) in [6.07, 6.45) is 3.28. The molecule has 4 nitrogen and oxygen atoms in total. The van der Waals surface area contributed by atoms with E-state index in [0.29, 0.717) is 12.3 Å². The Kier molecular flexibility index (Phi) is 8.03. The molecule has 2 aromatic rings. The number of hydrogen-bond acceptors (Lipinski definition) is 3. The first-order valence-electron chi connectivity index (χ1n) is 10.1. The molecule has 0 aromatic heterocycles. The molecule has 0 radical (unpaired) electrons. The highest BCUT2D eigenvalue weighted by atomic mass is 16.3. The molecule has 2 aromatic carbocycles. The minimum Gasteiger partial charge on any atom is -0.507 e. The monoisotopic (exact) mass is 390 g/mol. The zero-order valence-electron chi connectivity index (χ0n) is 17.7. The van der Waals surface area contributed by atoms with E-state index in [2.05, 4.69) is 17.4 Å². The van der Waals surface area contributed by atoms with Gasteiger partial charge in [-0.2, -0.15) is 5.26 Å². The first-order valence-corrected chi connectivity index (χ1v) is 10.1. The molecule has 0 bridgehead atoms. The van der Waals surface area contributed by atoms with E-state index in [1.54, 1.807) is 6.08 Å². The average Bonchev–Trinajstić information content (AvgIpc) is 2.70. The number of amides is 1. The van der Waals surface area contributed by atoms with Crippen LogP contribution < -0.4 is 5.32 Å². The van der Waals surface area contributed by atoms with Crippen molar-refractivity contribution in [1.82, 2.24) is 5.32 Å². The summed E-state index contributed by atoms with van der Waals surface area (Å²) in [7, 11) is 0. The van der Waals surface area contributed by atoms with E-state index >= 15 is 0 Å². The number of nitrogens with zero attached hydrogens (tertiary/aromatic N) is 1. The van der Waals surface area contributed by atoms with Gasteiger partial charge in [0.2, 0.25) is 0 Å². The third-order valence-corrected chi connectivity index (χ3v) is 4.88. The Morgan fingerprint density at radius 2 is 1.69 bits per heavy atom. The van der Waals surface area contributed by atoms with Gasteiger partial charge in [0.05, 0.1) is 0 Å². The lowest BCUT2D eigenvalue weighted by atomic mass is 9.91. The molecule has 0 unspecified atom stereocenters. The van der Waals surface area contributed by atoms with Crippen molar-refractivity contribution in [3.05, 3.63) is 70.3 Å². The summed E-state index contributed by atoms with van der Waals surface area (Å²) in [6.45, 7) is 8.56. The molecule has 0 atom stereocenters. The van der Waals surface area contributed by atoms with E-state index in [1.165, 1.54) is 5.56 Å². The molecule has 4 heteroatoms. The molecular formula is C25H30N2O2. The van der Waals surface area contributed by atoms with Crippen LogP contribution in [0.2, 0.25) is 0 Å². The second-order valence-corrected chi connectivity index (χ2v) is 7.87. The van der Waals surface area contributed by atoms with Gasteiger partial charge < -0.3 is 10.4 Å². The molecule has 2 N–H and O–H groups in total. The first kappa shape index (κ1) is 22.2. The Morgan fingerprint density at radius 1 is 1.10 bits per heavy atom. The fraction of sp³-hybridized carbons (Fsp3) is 0.360. The molecule has 152 valence electrons. The summed E-state index contributed by atoms with van der Waals surface area (Å²) in [5.74, 6) is 0.207. The van der Waals surface area contributed by atoms with E-state index in [-0.39, 0.29) is 23.3 Å². The summed E-state index contributed by atoms with van der Waals surface area (Å²) in [6, 6.07) is 15.8. The van der Waals surface area contributed by atoms with Crippen LogP contribution in [0.5, 0.6) is 5.75 Å². The van der Waals surface area contributed by atoms with Crippen LogP contribution in [0, 0.1) is 11.3 Å². The zero-order chi connectivity index (χ0) is 21.4. The van der Waals surface area contributed by atoms with E-state index in [9.17, 15) is 15.2 Å². The van der Waals surface area contributed by atoms with Crippen LogP contribution in [0.25, 0.3) is 6.08 Å². The lowest BCUT2D eigenvalue weighted by Gasteiger charge is -2.16. The fourth-order valence-corrected chi connectivity index (χ4v) is 3.22. The summed E-state index contributed by atoms with van der Waals surface area (Å²) in [4.78, 5) is 12.4.